The maximum absolute atomic E-state index is 12.3. The molecule has 3 N–H and O–H groups in total. The van der Waals surface area contributed by atoms with Crippen LogP contribution in [0.25, 0.3) is 16.6 Å². The number of aromatic nitrogens is 2. The summed E-state index contributed by atoms with van der Waals surface area (Å²) in [7, 11) is 2.03. The Morgan fingerprint density at radius 3 is 2.63 bits per heavy atom. The van der Waals surface area contributed by atoms with Gasteiger partial charge in [0.05, 0.1) is 17.2 Å². The second-order valence-corrected chi connectivity index (χ2v) is 6.97. The van der Waals surface area contributed by atoms with Gasteiger partial charge in [-0.05, 0) is 50.3 Å². The Bertz CT molecular complexity index is 1010. The third-order valence-electron chi connectivity index (χ3n) is 4.96. The number of rotatable bonds is 4. The van der Waals surface area contributed by atoms with E-state index in [9.17, 15) is 9.59 Å². The Morgan fingerprint density at radius 2 is 1.96 bits per heavy atom. The van der Waals surface area contributed by atoms with E-state index in [1.807, 2.05) is 43.6 Å². The highest BCUT2D eigenvalue weighted by Gasteiger charge is 2.26. The van der Waals surface area contributed by atoms with Gasteiger partial charge in [-0.25, -0.2) is 4.68 Å². The molecule has 2 amide bonds. The summed E-state index contributed by atoms with van der Waals surface area (Å²) in [6, 6.07) is 12.8. The van der Waals surface area contributed by atoms with E-state index in [1.54, 1.807) is 16.8 Å². The minimum absolute atomic E-state index is 0.0401. The van der Waals surface area contributed by atoms with Crippen molar-refractivity contribution in [3.8, 4) is 5.69 Å². The lowest BCUT2D eigenvalue weighted by atomic mass is 10.1. The van der Waals surface area contributed by atoms with Gasteiger partial charge in [0.2, 0.25) is 5.91 Å². The lowest BCUT2D eigenvalue weighted by Crippen LogP contribution is -2.25. The zero-order valence-corrected chi connectivity index (χ0v) is 15.1. The maximum atomic E-state index is 12.3. The number of amides is 2. The van der Waals surface area contributed by atoms with Crippen molar-refractivity contribution in [2.24, 2.45) is 11.7 Å². The van der Waals surface area contributed by atoms with Crippen LogP contribution in [0, 0.1) is 5.92 Å². The number of likely N-dealkylation sites (tertiary alicyclic amines) is 1. The summed E-state index contributed by atoms with van der Waals surface area (Å²) in [6.07, 6.45) is 2.74. The van der Waals surface area contributed by atoms with Crippen LogP contribution in [0.3, 0.4) is 0 Å². The lowest BCUT2D eigenvalue weighted by molar-refractivity contribution is -0.119. The first kappa shape index (κ1) is 17.2. The molecule has 7 nitrogen and oxygen atoms in total. The van der Waals surface area contributed by atoms with Crippen molar-refractivity contribution in [1.82, 2.24) is 14.7 Å². The molecule has 2 aromatic carbocycles. The molecule has 4 rings (SSSR count). The van der Waals surface area contributed by atoms with E-state index in [-0.39, 0.29) is 11.8 Å². The second-order valence-electron chi connectivity index (χ2n) is 6.97. The fourth-order valence-electron chi connectivity index (χ4n) is 3.47. The molecule has 0 unspecified atom stereocenters. The molecule has 1 fully saturated rings. The van der Waals surface area contributed by atoms with Gasteiger partial charge in [-0.3, -0.25) is 9.59 Å². The van der Waals surface area contributed by atoms with E-state index >= 15 is 0 Å². The van der Waals surface area contributed by atoms with Crippen molar-refractivity contribution >= 4 is 28.4 Å². The summed E-state index contributed by atoms with van der Waals surface area (Å²) in [4.78, 5) is 26.1. The van der Waals surface area contributed by atoms with Crippen LogP contribution in [0.15, 0.2) is 48.7 Å². The van der Waals surface area contributed by atoms with Crippen molar-refractivity contribution in [3.05, 3.63) is 54.2 Å². The number of carbonyl (C=O) groups excluding carboxylic acids is 2. The Labute approximate surface area is 156 Å². The first-order valence-electron chi connectivity index (χ1n) is 8.89. The van der Waals surface area contributed by atoms with Crippen LogP contribution in [0.4, 0.5) is 5.69 Å². The van der Waals surface area contributed by atoms with Gasteiger partial charge in [0, 0.05) is 23.8 Å². The van der Waals surface area contributed by atoms with Crippen LogP contribution < -0.4 is 11.1 Å². The molecule has 7 heteroatoms. The molecule has 3 aromatic rings. The normalized spacial score (nSPS) is 17.3. The number of hydrogen-bond donors (Lipinski definition) is 2. The topological polar surface area (TPSA) is 93.3 Å². The van der Waals surface area contributed by atoms with Gasteiger partial charge in [0.15, 0.2) is 0 Å². The molecule has 1 saturated heterocycles. The largest absolute Gasteiger partial charge is 0.366 e. The third-order valence-corrected chi connectivity index (χ3v) is 4.96. The smallest absolute Gasteiger partial charge is 0.250 e. The summed E-state index contributed by atoms with van der Waals surface area (Å²) in [6.45, 7) is 1.75. The third kappa shape index (κ3) is 3.41. The van der Waals surface area contributed by atoms with Gasteiger partial charge >= 0.3 is 0 Å². The summed E-state index contributed by atoms with van der Waals surface area (Å²) < 4.78 is 1.70. The highest BCUT2D eigenvalue weighted by atomic mass is 16.2. The Morgan fingerprint density at radius 1 is 1.19 bits per heavy atom. The molecule has 1 atom stereocenters. The maximum Gasteiger partial charge on any atom is 0.250 e. The second kappa shape index (κ2) is 6.85. The van der Waals surface area contributed by atoms with Crippen molar-refractivity contribution in [1.29, 1.82) is 0 Å². The van der Waals surface area contributed by atoms with Gasteiger partial charge in [0.25, 0.3) is 5.91 Å². The average molecular weight is 363 g/mol. The van der Waals surface area contributed by atoms with Gasteiger partial charge in [-0.1, -0.05) is 12.1 Å². The van der Waals surface area contributed by atoms with Gasteiger partial charge in [-0.15, -0.1) is 0 Å². The van der Waals surface area contributed by atoms with Crippen molar-refractivity contribution in [3.63, 3.8) is 0 Å². The number of fused-ring (bicyclic) bond motifs is 1. The van der Waals surface area contributed by atoms with E-state index in [0.717, 1.165) is 36.3 Å². The van der Waals surface area contributed by atoms with Gasteiger partial charge in [-0.2, -0.15) is 5.10 Å². The molecule has 0 radical (unpaired) electrons. The molecule has 0 bridgehead atoms. The average Bonchev–Trinajstić information content (AvgIpc) is 3.28. The number of carbonyl (C=O) groups is 2. The minimum Gasteiger partial charge on any atom is -0.366 e. The number of nitrogens with zero attached hydrogens (tertiary/aromatic N) is 3. The van der Waals surface area contributed by atoms with Crippen LogP contribution in [-0.4, -0.2) is 46.6 Å². The van der Waals surface area contributed by atoms with Crippen LogP contribution in [-0.2, 0) is 4.79 Å². The number of anilines is 1. The zero-order chi connectivity index (χ0) is 19.0. The van der Waals surface area contributed by atoms with Crippen molar-refractivity contribution in [2.75, 3.05) is 25.5 Å². The molecule has 1 aliphatic rings. The lowest BCUT2D eigenvalue weighted by Gasteiger charge is -2.11. The number of nitrogens with one attached hydrogen (secondary N) is 1. The van der Waals surface area contributed by atoms with Gasteiger partial charge < -0.3 is 16.0 Å². The molecule has 1 aromatic heterocycles. The molecular weight excluding hydrogens is 342 g/mol. The molecule has 1 aliphatic heterocycles. The number of nitrogens with two attached hydrogens (primary N) is 1. The van der Waals surface area contributed by atoms with Crippen LogP contribution in [0.1, 0.15) is 16.8 Å². The molecule has 27 heavy (non-hydrogen) atoms. The predicted molar refractivity (Wildman–Crippen MR) is 104 cm³/mol. The first-order valence-corrected chi connectivity index (χ1v) is 8.89. The Hall–Kier alpha value is -3.19. The summed E-state index contributed by atoms with van der Waals surface area (Å²) >= 11 is 0. The SMILES string of the molecule is CN1CC[C@@H](C(=O)Nc2ccc(-n3cc4cccc(C(N)=O)c4n3)cc2)C1. The quantitative estimate of drug-likeness (QED) is 0.742. The predicted octanol–water partition coefficient (Wildman–Crippen LogP) is 2.01. The first-order chi connectivity index (χ1) is 13.0. The standard InChI is InChI=1S/C20H21N5O2/c1-24-10-9-14(11-24)20(27)22-15-5-7-16(8-6-15)25-12-13-3-2-4-17(19(21)26)18(13)23-25/h2-8,12,14H,9-11H2,1H3,(H2,21,26)(H,22,27)/t14-/m1/s1. The van der Waals surface area contributed by atoms with Crippen LogP contribution in [0.5, 0.6) is 0 Å². The van der Waals surface area contributed by atoms with E-state index in [1.165, 1.54) is 0 Å². The minimum atomic E-state index is -0.499. The monoisotopic (exact) mass is 363 g/mol. The summed E-state index contributed by atoms with van der Waals surface area (Å²) in [5.74, 6) is -0.400. The zero-order valence-electron chi connectivity index (χ0n) is 15.1. The highest BCUT2D eigenvalue weighted by Crippen LogP contribution is 2.21. The Balaban J connectivity index is 1.54. The van der Waals surface area contributed by atoms with E-state index < -0.39 is 5.91 Å². The number of primary amides is 1. The highest BCUT2D eigenvalue weighted by molar-refractivity contribution is 6.04. The van der Waals surface area contributed by atoms with Crippen LogP contribution >= 0.6 is 0 Å². The molecule has 2 heterocycles. The molecular formula is C20H21N5O2. The molecule has 0 saturated carbocycles. The Kier molecular flexibility index (Phi) is 4.37. The summed E-state index contributed by atoms with van der Waals surface area (Å²) in [5, 5.41) is 8.31. The van der Waals surface area contributed by atoms with E-state index in [2.05, 4.69) is 15.3 Å². The van der Waals surface area contributed by atoms with Gasteiger partial charge in [0.1, 0.15) is 5.52 Å². The molecule has 0 aliphatic carbocycles. The van der Waals surface area contributed by atoms with Crippen LogP contribution in [0.2, 0.25) is 0 Å². The summed E-state index contributed by atoms with van der Waals surface area (Å²) in [5.41, 5.74) is 7.99. The fourth-order valence-corrected chi connectivity index (χ4v) is 3.47. The van der Waals surface area contributed by atoms with E-state index in [0.29, 0.717) is 11.1 Å². The number of benzene rings is 2. The molecule has 138 valence electrons. The van der Waals surface area contributed by atoms with E-state index in [4.69, 9.17) is 5.73 Å². The number of hydrogen-bond acceptors (Lipinski definition) is 4. The molecule has 0 spiro atoms. The van der Waals surface area contributed by atoms with Crippen molar-refractivity contribution < 1.29 is 9.59 Å². The van der Waals surface area contributed by atoms with Crippen molar-refractivity contribution in [2.45, 2.75) is 6.42 Å². The fraction of sp³-hybridized carbons (Fsp3) is 0.250.